The summed E-state index contributed by atoms with van der Waals surface area (Å²) in [4.78, 5) is 12.9. The highest BCUT2D eigenvalue weighted by molar-refractivity contribution is 7.92. The van der Waals surface area contributed by atoms with Gasteiger partial charge >= 0.3 is 0 Å². The third-order valence-electron chi connectivity index (χ3n) is 4.76. The molecule has 2 aromatic carbocycles. The van der Waals surface area contributed by atoms with Crippen LogP contribution in [0.5, 0.6) is 5.75 Å². The first-order valence-corrected chi connectivity index (χ1v) is 13.8. The minimum Gasteiger partial charge on any atom is -0.492 e. The minimum atomic E-state index is -3.89. The van der Waals surface area contributed by atoms with Crippen LogP contribution in [0, 0.1) is 5.82 Å². The average molecular weight is 536 g/mol. The molecule has 0 bridgehead atoms. The molecule has 0 fully saturated rings. The summed E-state index contributed by atoms with van der Waals surface area (Å²) < 4.78 is 70.1. The molecule has 13 heteroatoms. The van der Waals surface area contributed by atoms with Gasteiger partial charge in [0.2, 0.25) is 26.0 Å². The molecule has 0 heterocycles. The maximum atomic E-state index is 13.5. The third-order valence-corrected chi connectivity index (χ3v) is 8.06. The summed E-state index contributed by atoms with van der Waals surface area (Å²) in [7, 11) is -4.58. The van der Waals surface area contributed by atoms with Crippen molar-refractivity contribution < 1.29 is 30.8 Å². The second-order valence-electron chi connectivity index (χ2n) is 7.48. The van der Waals surface area contributed by atoms with Gasteiger partial charge in [0.25, 0.3) is 0 Å². The lowest BCUT2D eigenvalue weighted by atomic mass is 10.2. The molecule has 1 amide bonds. The summed E-state index contributed by atoms with van der Waals surface area (Å²) in [6.07, 6.45) is 1.10. The van der Waals surface area contributed by atoms with Crippen LogP contribution < -0.4 is 14.4 Å². The van der Waals surface area contributed by atoms with Gasteiger partial charge in [-0.2, -0.15) is 0 Å². The zero-order chi connectivity index (χ0) is 25.7. The zero-order valence-corrected chi connectivity index (χ0v) is 21.5. The van der Waals surface area contributed by atoms with Gasteiger partial charge in [0.15, 0.2) is 0 Å². The van der Waals surface area contributed by atoms with Crippen LogP contribution in [-0.4, -0.2) is 66.6 Å². The largest absolute Gasteiger partial charge is 0.492 e. The van der Waals surface area contributed by atoms with Crippen molar-refractivity contribution in [3.63, 3.8) is 0 Å². The van der Waals surface area contributed by atoms with E-state index in [0.717, 1.165) is 27.0 Å². The van der Waals surface area contributed by atoms with Gasteiger partial charge in [0.1, 0.15) is 24.2 Å². The molecule has 0 aliphatic heterocycles. The van der Waals surface area contributed by atoms with E-state index < -0.39 is 37.8 Å². The van der Waals surface area contributed by atoms with Crippen LogP contribution in [0.15, 0.2) is 47.4 Å². The molecule has 0 saturated heterocycles. The summed E-state index contributed by atoms with van der Waals surface area (Å²) >= 11 is 5.80. The Labute approximate surface area is 204 Å². The Morgan fingerprint density at radius 1 is 1.12 bits per heavy atom. The molecule has 0 saturated carbocycles. The molecule has 1 atom stereocenters. The van der Waals surface area contributed by atoms with Crippen molar-refractivity contribution in [3.05, 3.63) is 53.3 Å². The van der Waals surface area contributed by atoms with Crippen LogP contribution in [-0.2, 0) is 24.8 Å². The fourth-order valence-corrected chi connectivity index (χ4v) is 5.34. The van der Waals surface area contributed by atoms with E-state index in [1.54, 1.807) is 6.92 Å². The van der Waals surface area contributed by atoms with E-state index in [4.69, 9.17) is 16.3 Å². The maximum absolute atomic E-state index is 13.5. The number of ether oxygens (including phenoxy) is 1. The fourth-order valence-electron chi connectivity index (χ4n) is 3.06. The van der Waals surface area contributed by atoms with Gasteiger partial charge in [-0.05, 0) is 48.9 Å². The van der Waals surface area contributed by atoms with Crippen LogP contribution in [0.4, 0.5) is 10.1 Å². The molecule has 1 N–H and O–H groups in total. The first-order valence-electron chi connectivity index (χ1n) is 10.2. The highest BCUT2D eigenvalue weighted by Gasteiger charge is 2.31. The number of carbonyl (C=O) groups is 1. The van der Waals surface area contributed by atoms with Gasteiger partial charge in [-0.1, -0.05) is 18.5 Å². The SMILES string of the molecule is CCC(C(=O)NCCOc1ccc(S(=O)(=O)N(C)C)cc1)N(c1ccc(F)c(Cl)c1)S(C)(=O)=O. The van der Waals surface area contributed by atoms with E-state index in [0.29, 0.717) is 5.75 Å². The molecule has 1 unspecified atom stereocenters. The summed E-state index contributed by atoms with van der Waals surface area (Å²) in [5.74, 6) is -0.872. The summed E-state index contributed by atoms with van der Waals surface area (Å²) in [6, 6.07) is 8.14. The smallest absolute Gasteiger partial charge is 0.244 e. The van der Waals surface area contributed by atoms with Gasteiger partial charge in [-0.3, -0.25) is 9.10 Å². The Morgan fingerprint density at radius 3 is 2.24 bits per heavy atom. The normalized spacial score (nSPS) is 12.9. The number of nitrogens with zero attached hydrogens (tertiary/aromatic N) is 2. The van der Waals surface area contributed by atoms with E-state index in [1.165, 1.54) is 44.4 Å². The molecule has 2 aromatic rings. The Hall–Kier alpha value is -2.41. The molecular weight excluding hydrogens is 509 g/mol. The van der Waals surface area contributed by atoms with Crippen LogP contribution in [0.2, 0.25) is 5.02 Å². The molecule has 0 aliphatic rings. The number of halogens is 2. The standard InChI is InChI=1S/C21H27ClFN3O6S2/c1-5-20(26(33(4,28)29)15-6-11-19(23)18(22)14-15)21(27)24-12-13-32-16-7-9-17(10-8-16)34(30,31)25(2)3/h6-11,14,20H,5,12-13H2,1-4H3,(H,24,27). The van der Waals surface area contributed by atoms with Gasteiger partial charge in [0.05, 0.1) is 28.4 Å². The number of hydrogen-bond acceptors (Lipinski definition) is 6. The zero-order valence-electron chi connectivity index (χ0n) is 19.2. The van der Waals surface area contributed by atoms with E-state index in [2.05, 4.69) is 5.32 Å². The molecule has 188 valence electrons. The number of hydrogen-bond donors (Lipinski definition) is 1. The van der Waals surface area contributed by atoms with Crippen LogP contribution in [0.3, 0.4) is 0 Å². The highest BCUT2D eigenvalue weighted by atomic mass is 35.5. The van der Waals surface area contributed by atoms with Gasteiger partial charge < -0.3 is 10.1 Å². The third kappa shape index (κ3) is 6.81. The lowest BCUT2D eigenvalue weighted by molar-refractivity contribution is -0.122. The topological polar surface area (TPSA) is 113 Å². The van der Waals surface area contributed by atoms with Crippen LogP contribution in [0.1, 0.15) is 13.3 Å². The van der Waals surface area contributed by atoms with Crippen molar-refractivity contribution in [1.82, 2.24) is 9.62 Å². The van der Waals surface area contributed by atoms with Gasteiger partial charge in [-0.25, -0.2) is 25.5 Å². The summed E-state index contributed by atoms with van der Waals surface area (Å²) in [6.45, 7) is 1.77. The number of sulfonamides is 2. The van der Waals surface area contributed by atoms with Crippen molar-refractivity contribution in [3.8, 4) is 5.75 Å². The maximum Gasteiger partial charge on any atom is 0.244 e. The quantitative estimate of drug-likeness (QED) is 0.442. The molecule has 34 heavy (non-hydrogen) atoms. The molecule has 0 radical (unpaired) electrons. The number of benzene rings is 2. The second-order valence-corrected chi connectivity index (χ2v) is 11.9. The number of rotatable bonds is 11. The molecule has 0 aromatic heterocycles. The Morgan fingerprint density at radius 2 is 1.74 bits per heavy atom. The van der Waals surface area contributed by atoms with E-state index in [-0.39, 0.29) is 35.2 Å². The minimum absolute atomic E-state index is 0.0587. The number of nitrogens with one attached hydrogen (secondary N) is 1. The van der Waals surface area contributed by atoms with E-state index in [1.807, 2.05) is 0 Å². The first kappa shape index (κ1) is 27.8. The fraction of sp³-hybridized carbons (Fsp3) is 0.381. The van der Waals surface area contributed by atoms with Crippen molar-refractivity contribution in [1.29, 1.82) is 0 Å². The van der Waals surface area contributed by atoms with Gasteiger partial charge in [-0.15, -0.1) is 0 Å². The van der Waals surface area contributed by atoms with Crippen molar-refractivity contribution in [2.45, 2.75) is 24.3 Å². The Bertz CT molecular complexity index is 1220. The average Bonchev–Trinajstić information content (AvgIpc) is 2.76. The number of carbonyl (C=O) groups excluding carboxylic acids is 1. The predicted octanol–water partition coefficient (Wildman–Crippen LogP) is 2.47. The molecule has 0 aliphatic carbocycles. The monoisotopic (exact) mass is 535 g/mol. The van der Waals surface area contributed by atoms with Crippen molar-refractivity contribution in [2.24, 2.45) is 0 Å². The van der Waals surface area contributed by atoms with Crippen molar-refractivity contribution >= 4 is 43.2 Å². The van der Waals surface area contributed by atoms with Crippen LogP contribution in [0.25, 0.3) is 0 Å². The summed E-state index contributed by atoms with van der Waals surface area (Å²) in [5.41, 5.74) is 0.0694. The van der Waals surface area contributed by atoms with E-state index in [9.17, 15) is 26.0 Å². The van der Waals surface area contributed by atoms with E-state index >= 15 is 0 Å². The van der Waals surface area contributed by atoms with Crippen molar-refractivity contribution in [2.75, 3.05) is 37.8 Å². The molecule has 2 rings (SSSR count). The number of amides is 1. The lowest BCUT2D eigenvalue weighted by Gasteiger charge is -2.30. The van der Waals surface area contributed by atoms with Gasteiger partial charge in [0, 0.05) is 14.1 Å². The number of anilines is 1. The second kappa shape index (κ2) is 11.3. The Kier molecular flexibility index (Phi) is 9.29. The highest BCUT2D eigenvalue weighted by Crippen LogP contribution is 2.27. The molecule has 9 nitrogen and oxygen atoms in total. The first-order chi connectivity index (χ1) is 15.8. The molecule has 0 spiro atoms. The van der Waals surface area contributed by atoms with Crippen LogP contribution >= 0.6 is 11.6 Å². The Balaban J connectivity index is 2.03. The summed E-state index contributed by atoms with van der Waals surface area (Å²) in [5, 5.41) is 2.36. The lowest BCUT2D eigenvalue weighted by Crippen LogP contribution is -2.50. The predicted molar refractivity (Wildman–Crippen MR) is 129 cm³/mol. The molecular formula is C21H27ClFN3O6S2.